The molecule has 2 aromatic rings. The molecule has 1 aliphatic heterocycles. The number of hydrogen-bond acceptors (Lipinski definition) is 3. The molecule has 6 nitrogen and oxygen atoms in total. The quantitative estimate of drug-likeness (QED) is 0.868. The summed E-state index contributed by atoms with van der Waals surface area (Å²) in [6.45, 7) is 6.95. The van der Waals surface area contributed by atoms with Crippen LogP contribution in [0.25, 0.3) is 17.1 Å². The Labute approximate surface area is 147 Å². The average Bonchev–Trinajstić information content (AvgIpc) is 3.02. The number of piperidine rings is 1. The van der Waals surface area contributed by atoms with Crippen molar-refractivity contribution < 1.29 is 4.79 Å². The zero-order valence-electron chi connectivity index (χ0n) is 15.2. The van der Waals surface area contributed by atoms with Crippen LogP contribution in [-0.2, 0) is 4.79 Å². The van der Waals surface area contributed by atoms with Crippen molar-refractivity contribution in [3.05, 3.63) is 34.3 Å². The van der Waals surface area contributed by atoms with Crippen molar-refractivity contribution in [2.45, 2.75) is 58.5 Å². The number of rotatable bonds is 4. The minimum absolute atomic E-state index is 0.0103. The molecule has 0 spiro atoms. The number of carbonyl (C=O) groups is 1. The molecule has 3 heterocycles. The Balaban J connectivity index is 1.84. The predicted octanol–water partition coefficient (Wildman–Crippen LogP) is 3.11. The van der Waals surface area contributed by atoms with Crippen molar-refractivity contribution in [2.75, 3.05) is 6.54 Å². The number of fused-ring (bicyclic) bond motifs is 1. The standard InChI is InChI=1S/C19H26N4O2/c1-4-16-7-5-6-10-22(16)17(24)9-8-14-11-15-12-20-23(13(2)3)18(15)21-19(14)25/h8-9,11-13,16H,4-7,10H2,1-3H3,(H,21,25)/b9-8+/t16-/m1/s1. The third-order valence-corrected chi connectivity index (χ3v) is 4.90. The molecule has 0 aliphatic carbocycles. The summed E-state index contributed by atoms with van der Waals surface area (Å²) in [6, 6.07) is 2.27. The van der Waals surface area contributed by atoms with E-state index in [9.17, 15) is 9.59 Å². The Morgan fingerprint density at radius 2 is 2.24 bits per heavy atom. The van der Waals surface area contributed by atoms with E-state index < -0.39 is 0 Å². The number of nitrogens with zero attached hydrogens (tertiary/aromatic N) is 3. The van der Waals surface area contributed by atoms with Gasteiger partial charge in [-0.1, -0.05) is 6.92 Å². The van der Waals surface area contributed by atoms with Crippen molar-refractivity contribution >= 4 is 23.0 Å². The second-order valence-electron chi connectivity index (χ2n) is 6.96. The summed E-state index contributed by atoms with van der Waals surface area (Å²) < 4.78 is 1.79. The van der Waals surface area contributed by atoms with Crippen molar-refractivity contribution in [1.29, 1.82) is 0 Å². The van der Waals surface area contributed by atoms with E-state index in [0.29, 0.717) is 17.3 Å². The number of H-pyrrole nitrogens is 1. The Bertz CT molecular complexity index is 847. The highest BCUT2D eigenvalue weighted by Gasteiger charge is 2.23. The van der Waals surface area contributed by atoms with Gasteiger partial charge in [-0.2, -0.15) is 5.10 Å². The molecular weight excluding hydrogens is 316 g/mol. The van der Waals surface area contributed by atoms with Gasteiger partial charge in [0.1, 0.15) is 5.65 Å². The van der Waals surface area contributed by atoms with E-state index >= 15 is 0 Å². The van der Waals surface area contributed by atoms with Gasteiger partial charge in [-0.25, -0.2) is 4.68 Å². The van der Waals surface area contributed by atoms with Gasteiger partial charge < -0.3 is 9.88 Å². The van der Waals surface area contributed by atoms with Gasteiger partial charge >= 0.3 is 0 Å². The summed E-state index contributed by atoms with van der Waals surface area (Å²) in [5.74, 6) is -0.0103. The molecule has 0 aromatic carbocycles. The zero-order chi connectivity index (χ0) is 18.0. The fourth-order valence-electron chi connectivity index (χ4n) is 3.51. The fourth-order valence-corrected chi connectivity index (χ4v) is 3.51. The Morgan fingerprint density at radius 3 is 2.96 bits per heavy atom. The maximum absolute atomic E-state index is 12.5. The second kappa shape index (κ2) is 7.25. The molecule has 0 saturated carbocycles. The largest absolute Gasteiger partial charge is 0.336 e. The molecular formula is C19H26N4O2. The van der Waals surface area contributed by atoms with Gasteiger partial charge in [-0.05, 0) is 51.7 Å². The molecule has 1 aliphatic rings. The van der Waals surface area contributed by atoms with Gasteiger partial charge in [-0.15, -0.1) is 0 Å². The fraction of sp³-hybridized carbons (Fsp3) is 0.526. The Hall–Kier alpha value is -2.37. The SMILES string of the molecule is CC[C@@H]1CCCCN1C(=O)/C=C/c1cc2cnn(C(C)C)c2[nH]c1=O. The molecule has 1 N–H and O–H groups in total. The lowest BCUT2D eigenvalue weighted by atomic mass is 10.00. The smallest absolute Gasteiger partial charge is 0.256 e. The van der Waals surface area contributed by atoms with Crippen LogP contribution in [-0.4, -0.2) is 38.2 Å². The maximum Gasteiger partial charge on any atom is 0.256 e. The molecule has 6 heteroatoms. The molecule has 1 amide bonds. The minimum Gasteiger partial charge on any atom is -0.336 e. The van der Waals surface area contributed by atoms with Gasteiger partial charge in [0.05, 0.1) is 6.20 Å². The predicted molar refractivity (Wildman–Crippen MR) is 99.4 cm³/mol. The molecule has 0 unspecified atom stereocenters. The zero-order valence-corrected chi connectivity index (χ0v) is 15.2. The average molecular weight is 342 g/mol. The van der Waals surface area contributed by atoms with E-state index in [2.05, 4.69) is 17.0 Å². The van der Waals surface area contributed by atoms with E-state index in [0.717, 1.165) is 31.2 Å². The van der Waals surface area contributed by atoms with Gasteiger partial charge in [0.25, 0.3) is 5.56 Å². The highest BCUT2D eigenvalue weighted by atomic mass is 16.2. The molecule has 25 heavy (non-hydrogen) atoms. The number of nitrogens with one attached hydrogen (secondary N) is 1. The van der Waals surface area contributed by atoms with Crippen LogP contribution < -0.4 is 5.56 Å². The lowest BCUT2D eigenvalue weighted by molar-refractivity contribution is -0.129. The number of pyridine rings is 1. The summed E-state index contributed by atoms with van der Waals surface area (Å²) in [7, 11) is 0. The van der Waals surface area contributed by atoms with E-state index in [-0.39, 0.29) is 17.5 Å². The van der Waals surface area contributed by atoms with Crippen LogP contribution in [0, 0.1) is 0 Å². The van der Waals surface area contributed by atoms with Crippen LogP contribution >= 0.6 is 0 Å². The van der Waals surface area contributed by atoms with Gasteiger partial charge in [0.2, 0.25) is 5.91 Å². The molecule has 1 fully saturated rings. The monoisotopic (exact) mass is 342 g/mol. The van der Waals surface area contributed by atoms with Gasteiger partial charge in [0.15, 0.2) is 0 Å². The molecule has 3 rings (SSSR count). The highest BCUT2D eigenvalue weighted by molar-refractivity contribution is 5.92. The van der Waals surface area contributed by atoms with Crippen LogP contribution in [0.5, 0.6) is 0 Å². The van der Waals surface area contributed by atoms with E-state index in [1.807, 2.05) is 18.7 Å². The second-order valence-corrected chi connectivity index (χ2v) is 6.96. The summed E-state index contributed by atoms with van der Waals surface area (Å²) in [6.07, 6.45) is 9.16. The maximum atomic E-state index is 12.5. The molecule has 0 bridgehead atoms. The summed E-state index contributed by atoms with van der Waals surface area (Å²) >= 11 is 0. The van der Waals surface area contributed by atoms with Crippen molar-refractivity contribution in [3.63, 3.8) is 0 Å². The normalized spacial score (nSPS) is 18.6. The molecule has 134 valence electrons. The van der Waals surface area contributed by atoms with Crippen LogP contribution in [0.1, 0.15) is 58.1 Å². The first-order valence-electron chi connectivity index (χ1n) is 9.10. The molecule has 0 radical (unpaired) electrons. The lowest BCUT2D eigenvalue weighted by Gasteiger charge is -2.34. The van der Waals surface area contributed by atoms with E-state index in [1.165, 1.54) is 12.5 Å². The van der Waals surface area contributed by atoms with Crippen molar-refractivity contribution in [2.24, 2.45) is 0 Å². The highest BCUT2D eigenvalue weighted by Crippen LogP contribution is 2.20. The minimum atomic E-state index is -0.204. The number of likely N-dealkylation sites (tertiary alicyclic amines) is 1. The van der Waals surface area contributed by atoms with Crippen LogP contribution in [0.4, 0.5) is 0 Å². The van der Waals surface area contributed by atoms with Crippen LogP contribution in [0.3, 0.4) is 0 Å². The van der Waals surface area contributed by atoms with Crippen LogP contribution in [0.15, 0.2) is 23.1 Å². The number of carbonyl (C=O) groups excluding carboxylic acids is 1. The number of hydrogen-bond donors (Lipinski definition) is 1. The summed E-state index contributed by atoms with van der Waals surface area (Å²) in [4.78, 5) is 29.7. The first-order valence-corrected chi connectivity index (χ1v) is 9.10. The van der Waals surface area contributed by atoms with Crippen LogP contribution in [0.2, 0.25) is 0 Å². The molecule has 2 aromatic heterocycles. The van der Waals surface area contributed by atoms with E-state index in [4.69, 9.17) is 0 Å². The third-order valence-electron chi connectivity index (χ3n) is 4.90. The molecule has 1 saturated heterocycles. The van der Waals surface area contributed by atoms with Gasteiger partial charge in [-0.3, -0.25) is 9.59 Å². The number of amides is 1. The van der Waals surface area contributed by atoms with Crippen molar-refractivity contribution in [1.82, 2.24) is 19.7 Å². The number of aromatic amines is 1. The topological polar surface area (TPSA) is 71.0 Å². The Morgan fingerprint density at radius 1 is 1.44 bits per heavy atom. The lowest BCUT2D eigenvalue weighted by Crippen LogP contribution is -2.42. The Kier molecular flexibility index (Phi) is 5.06. The van der Waals surface area contributed by atoms with E-state index in [1.54, 1.807) is 23.0 Å². The van der Waals surface area contributed by atoms with Crippen molar-refractivity contribution in [3.8, 4) is 0 Å². The summed E-state index contributed by atoms with van der Waals surface area (Å²) in [5.41, 5.74) is 0.990. The van der Waals surface area contributed by atoms with Gasteiger partial charge in [0, 0.05) is 35.7 Å². The first kappa shape index (κ1) is 17.5. The summed E-state index contributed by atoms with van der Waals surface area (Å²) in [5, 5.41) is 5.18. The molecule has 1 atom stereocenters. The number of aromatic nitrogens is 3. The third kappa shape index (κ3) is 3.52. The first-order chi connectivity index (χ1) is 12.0.